The van der Waals surface area contributed by atoms with Crippen molar-refractivity contribution in [2.45, 2.75) is 19.1 Å². The molecule has 2 rings (SSSR count). The molecule has 1 fully saturated rings. The van der Waals surface area contributed by atoms with E-state index in [0.717, 1.165) is 12.1 Å². The molecule has 1 aromatic heterocycles. The fourth-order valence-corrected chi connectivity index (χ4v) is 1.98. The average Bonchev–Trinajstić information content (AvgIpc) is 2.05. The molecule has 0 aromatic carbocycles. The minimum atomic E-state index is -0.514. The Bertz CT molecular complexity index is 333. The number of likely N-dealkylation sites (tertiary alicyclic amines) is 1. The molecule has 0 unspecified atom stereocenters. The molecule has 0 atom stereocenters. The monoisotopic (exact) mass is 212 g/mol. The third kappa shape index (κ3) is 2.05. The number of hydrogen-bond donors (Lipinski definition) is 1. The smallest absolute Gasteiger partial charge is 0.0872 e. The maximum atomic E-state index is 9.54. The Morgan fingerprint density at radius 3 is 2.93 bits per heavy atom. The molecule has 0 amide bonds. The molecule has 0 radical (unpaired) electrons. The molecular weight excluding hydrogens is 200 g/mol. The summed E-state index contributed by atoms with van der Waals surface area (Å²) < 4.78 is 0. The Morgan fingerprint density at radius 1 is 1.64 bits per heavy atom. The van der Waals surface area contributed by atoms with Gasteiger partial charge in [0.15, 0.2) is 0 Å². The molecule has 76 valence electrons. The lowest BCUT2D eigenvalue weighted by molar-refractivity contribution is -0.0871. The minimum Gasteiger partial charge on any atom is -0.388 e. The Kier molecular flexibility index (Phi) is 2.47. The van der Waals surface area contributed by atoms with E-state index < -0.39 is 5.60 Å². The van der Waals surface area contributed by atoms with Crippen LogP contribution >= 0.6 is 11.6 Å². The molecule has 14 heavy (non-hydrogen) atoms. The fraction of sp³-hybridized carbons (Fsp3) is 0.500. The topological polar surface area (TPSA) is 36.4 Å². The number of hydrogen-bond acceptors (Lipinski definition) is 3. The lowest BCUT2D eigenvalue weighted by Crippen LogP contribution is -2.59. The SMILES string of the molecule is CC1(O)CN(Cc2ccncc2Cl)C1. The standard InChI is InChI=1S/C10H13ClN2O/c1-10(14)6-13(7-10)5-8-2-3-12-4-9(8)11/h2-4,14H,5-7H2,1H3. The Labute approximate surface area is 88.3 Å². The third-order valence-electron chi connectivity index (χ3n) is 2.38. The van der Waals surface area contributed by atoms with Crippen molar-refractivity contribution >= 4 is 11.6 Å². The van der Waals surface area contributed by atoms with Crippen LogP contribution in [0.4, 0.5) is 0 Å². The van der Waals surface area contributed by atoms with Crippen LogP contribution in [0.5, 0.6) is 0 Å². The molecule has 1 aliphatic heterocycles. The van der Waals surface area contributed by atoms with Crippen LogP contribution in [0.2, 0.25) is 5.02 Å². The Morgan fingerprint density at radius 2 is 2.36 bits per heavy atom. The van der Waals surface area contributed by atoms with E-state index in [1.54, 1.807) is 12.4 Å². The second-order valence-electron chi connectivity index (χ2n) is 4.11. The van der Waals surface area contributed by atoms with Crippen LogP contribution in [0, 0.1) is 0 Å². The van der Waals surface area contributed by atoms with E-state index in [1.807, 2.05) is 13.0 Å². The minimum absolute atomic E-state index is 0.514. The summed E-state index contributed by atoms with van der Waals surface area (Å²) in [5.41, 5.74) is 0.552. The second-order valence-corrected chi connectivity index (χ2v) is 4.52. The highest BCUT2D eigenvalue weighted by Crippen LogP contribution is 2.24. The summed E-state index contributed by atoms with van der Waals surface area (Å²) in [6.45, 7) is 4.06. The van der Waals surface area contributed by atoms with Crippen LogP contribution in [0.25, 0.3) is 0 Å². The van der Waals surface area contributed by atoms with Gasteiger partial charge in [0.1, 0.15) is 0 Å². The quantitative estimate of drug-likeness (QED) is 0.803. The zero-order chi connectivity index (χ0) is 10.2. The molecule has 1 aliphatic rings. The van der Waals surface area contributed by atoms with Gasteiger partial charge in [0.25, 0.3) is 0 Å². The molecule has 0 aliphatic carbocycles. The van der Waals surface area contributed by atoms with Gasteiger partial charge < -0.3 is 5.11 Å². The van der Waals surface area contributed by atoms with Crippen molar-refractivity contribution in [1.82, 2.24) is 9.88 Å². The van der Waals surface area contributed by atoms with E-state index in [9.17, 15) is 5.11 Å². The molecule has 2 heterocycles. The summed E-state index contributed by atoms with van der Waals surface area (Å²) in [6, 6.07) is 1.91. The van der Waals surface area contributed by atoms with Crippen molar-refractivity contribution in [3.05, 3.63) is 29.0 Å². The van der Waals surface area contributed by atoms with Gasteiger partial charge in [0.2, 0.25) is 0 Å². The van der Waals surface area contributed by atoms with Gasteiger partial charge in [-0.1, -0.05) is 11.6 Å². The zero-order valence-corrected chi connectivity index (χ0v) is 8.83. The van der Waals surface area contributed by atoms with Crippen LogP contribution in [0.15, 0.2) is 18.5 Å². The number of nitrogens with zero attached hydrogens (tertiary/aromatic N) is 2. The summed E-state index contributed by atoms with van der Waals surface area (Å²) >= 11 is 5.97. The fourth-order valence-electron chi connectivity index (χ4n) is 1.80. The van der Waals surface area contributed by atoms with E-state index in [1.165, 1.54) is 0 Å². The van der Waals surface area contributed by atoms with Crippen molar-refractivity contribution in [2.24, 2.45) is 0 Å². The average molecular weight is 213 g/mol. The number of aliphatic hydroxyl groups is 1. The van der Waals surface area contributed by atoms with Gasteiger partial charge in [-0.15, -0.1) is 0 Å². The van der Waals surface area contributed by atoms with Crippen LogP contribution < -0.4 is 0 Å². The molecule has 1 saturated heterocycles. The highest BCUT2D eigenvalue weighted by atomic mass is 35.5. The van der Waals surface area contributed by atoms with E-state index in [2.05, 4.69) is 9.88 Å². The summed E-state index contributed by atoms with van der Waals surface area (Å²) in [5.74, 6) is 0. The van der Waals surface area contributed by atoms with Gasteiger partial charge in [0.05, 0.1) is 10.6 Å². The van der Waals surface area contributed by atoms with Crippen LogP contribution in [0.1, 0.15) is 12.5 Å². The maximum absolute atomic E-state index is 9.54. The molecule has 0 saturated carbocycles. The first kappa shape index (κ1) is 9.90. The summed E-state index contributed by atoms with van der Waals surface area (Å²) in [5, 5.41) is 10.2. The van der Waals surface area contributed by atoms with E-state index in [-0.39, 0.29) is 0 Å². The van der Waals surface area contributed by atoms with Gasteiger partial charge >= 0.3 is 0 Å². The van der Waals surface area contributed by atoms with Gasteiger partial charge in [0, 0.05) is 32.0 Å². The molecule has 3 nitrogen and oxygen atoms in total. The molecular formula is C10H13ClN2O. The van der Waals surface area contributed by atoms with Crippen molar-refractivity contribution in [2.75, 3.05) is 13.1 Å². The first-order valence-electron chi connectivity index (χ1n) is 4.60. The molecule has 1 aromatic rings. The Balaban J connectivity index is 1.97. The van der Waals surface area contributed by atoms with Crippen molar-refractivity contribution in [3.63, 3.8) is 0 Å². The summed E-state index contributed by atoms with van der Waals surface area (Å²) in [7, 11) is 0. The zero-order valence-electron chi connectivity index (χ0n) is 8.07. The van der Waals surface area contributed by atoms with Gasteiger partial charge in [-0.05, 0) is 18.6 Å². The number of β-amino-alcohol motifs (C(OH)–C–C–N with tert-alkyl or cyclic N) is 1. The number of aromatic nitrogens is 1. The summed E-state index contributed by atoms with van der Waals surface area (Å²) in [6.07, 6.45) is 3.38. The first-order chi connectivity index (χ1) is 6.57. The predicted octanol–water partition coefficient (Wildman–Crippen LogP) is 1.30. The van der Waals surface area contributed by atoms with Gasteiger partial charge in [-0.2, -0.15) is 0 Å². The second kappa shape index (κ2) is 3.50. The lowest BCUT2D eigenvalue weighted by atomic mass is 9.96. The maximum Gasteiger partial charge on any atom is 0.0872 e. The van der Waals surface area contributed by atoms with Crippen molar-refractivity contribution in [1.29, 1.82) is 0 Å². The van der Waals surface area contributed by atoms with E-state index in [0.29, 0.717) is 18.1 Å². The van der Waals surface area contributed by atoms with Gasteiger partial charge in [-0.3, -0.25) is 9.88 Å². The molecule has 1 N–H and O–H groups in total. The predicted molar refractivity (Wildman–Crippen MR) is 55.1 cm³/mol. The van der Waals surface area contributed by atoms with Crippen molar-refractivity contribution in [3.8, 4) is 0 Å². The van der Waals surface area contributed by atoms with Crippen LogP contribution in [0.3, 0.4) is 0 Å². The molecule has 0 spiro atoms. The van der Waals surface area contributed by atoms with E-state index in [4.69, 9.17) is 11.6 Å². The van der Waals surface area contributed by atoms with Gasteiger partial charge in [-0.25, -0.2) is 0 Å². The number of pyridine rings is 1. The van der Waals surface area contributed by atoms with E-state index >= 15 is 0 Å². The van der Waals surface area contributed by atoms with Crippen LogP contribution in [-0.2, 0) is 6.54 Å². The number of halogens is 1. The number of rotatable bonds is 2. The van der Waals surface area contributed by atoms with Crippen molar-refractivity contribution < 1.29 is 5.11 Å². The first-order valence-corrected chi connectivity index (χ1v) is 4.98. The van der Waals surface area contributed by atoms with Crippen LogP contribution in [-0.4, -0.2) is 33.7 Å². The third-order valence-corrected chi connectivity index (χ3v) is 2.72. The lowest BCUT2D eigenvalue weighted by Gasteiger charge is -2.44. The normalized spacial score (nSPS) is 20.5. The highest BCUT2D eigenvalue weighted by Gasteiger charge is 2.36. The molecule has 0 bridgehead atoms. The molecule has 4 heteroatoms. The Hall–Kier alpha value is -0.640. The summed E-state index contributed by atoms with van der Waals surface area (Å²) in [4.78, 5) is 6.08. The largest absolute Gasteiger partial charge is 0.388 e. The highest BCUT2D eigenvalue weighted by molar-refractivity contribution is 6.31.